The summed E-state index contributed by atoms with van der Waals surface area (Å²) in [6, 6.07) is 10.3. The summed E-state index contributed by atoms with van der Waals surface area (Å²) in [7, 11) is 0. The predicted molar refractivity (Wildman–Crippen MR) is 63.4 cm³/mol. The highest BCUT2D eigenvalue weighted by Crippen LogP contribution is 2.20. The smallest absolute Gasteiger partial charge is 0.0978 e. The molecule has 0 amide bonds. The number of hydrogen-bond acceptors (Lipinski definition) is 1. The van der Waals surface area contributed by atoms with Gasteiger partial charge in [0, 0.05) is 0 Å². The molecule has 0 spiro atoms. The summed E-state index contributed by atoms with van der Waals surface area (Å²) in [5, 5.41) is 0. The summed E-state index contributed by atoms with van der Waals surface area (Å²) in [6.07, 6.45) is 10.8. The lowest BCUT2D eigenvalue weighted by Crippen LogP contribution is -2.13. The first kappa shape index (κ1) is 10.3. The molecule has 0 radical (unpaired) electrons. The van der Waals surface area contributed by atoms with Crippen LogP contribution in [-0.4, -0.2) is 6.10 Å². The Morgan fingerprint density at radius 1 is 1.00 bits per heavy atom. The van der Waals surface area contributed by atoms with Gasteiger partial charge in [0.1, 0.15) is 0 Å². The van der Waals surface area contributed by atoms with Crippen LogP contribution < -0.4 is 0 Å². The van der Waals surface area contributed by atoms with Gasteiger partial charge in [-0.2, -0.15) is 0 Å². The summed E-state index contributed by atoms with van der Waals surface area (Å²) in [5.74, 6) is 0. The summed E-state index contributed by atoms with van der Waals surface area (Å²) in [4.78, 5) is 0. The molecule has 1 aliphatic carbocycles. The van der Waals surface area contributed by atoms with Gasteiger partial charge in [-0.1, -0.05) is 36.8 Å². The van der Waals surface area contributed by atoms with Gasteiger partial charge in [-0.05, 0) is 37.3 Å². The number of ether oxygens (including phenoxy) is 1. The van der Waals surface area contributed by atoms with E-state index in [0.29, 0.717) is 6.10 Å². The molecule has 80 valence electrons. The first-order valence-electron chi connectivity index (χ1n) is 5.82. The zero-order valence-electron chi connectivity index (χ0n) is 9.06. The van der Waals surface area contributed by atoms with Crippen LogP contribution in [0.1, 0.15) is 37.7 Å². The zero-order valence-corrected chi connectivity index (χ0v) is 9.06. The molecule has 1 aromatic carbocycles. The number of hydrogen-bond donors (Lipinski definition) is 0. The van der Waals surface area contributed by atoms with Crippen LogP contribution in [0.25, 0.3) is 6.08 Å². The van der Waals surface area contributed by atoms with Crippen molar-refractivity contribution in [3.05, 3.63) is 42.2 Å². The first-order valence-corrected chi connectivity index (χ1v) is 5.82. The van der Waals surface area contributed by atoms with Gasteiger partial charge in [0.25, 0.3) is 0 Å². The van der Waals surface area contributed by atoms with Crippen LogP contribution in [0.3, 0.4) is 0 Å². The van der Waals surface area contributed by atoms with Gasteiger partial charge in [0.05, 0.1) is 12.4 Å². The molecular weight excluding hydrogens is 184 g/mol. The second kappa shape index (κ2) is 5.59. The molecule has 1 saturated carbocycles. The Balaban J connectivity index is 1.79. The largest absolute Gasteiger partial charge is 0.498 e. The van der Waals surface area contributed by atoms with Gasteiger partial charge in [0.15, 0.2) is 0 Å². The fourth-order valence-corrected chi connectivity index (χ4v) is 1.99. The molecule has 1 fully saturated rings. The van der Waals surface area contributed by atoms with Crippen molar-refractivity contribution in [1.82, 2.24) is 0 Å². The second-order valence-electron chi connectivity index (χ2n) is 4.11. The van der Waals surface area contributed by atoms with E-state index in [1.54, 1.807) is 0 Å². The fourth-order valence-electron chi connectivity index (χ4n) is 1.99. The maximum absolute atomic E-state index is 5.71. The molecule has 0 atom stereocenters. The maximum Gasteiger partial charge on any atom is 0.0978 e. The normalized spacial score (nSPS) is 18.1. The monoisotopic (exact) mass is 202 g/mol. The van der Waals surface area contributed by atoms with Gasteiger partial charge in [0.2, 0.25) is 0 Å². The van der Waals surface area contributed by atoms with E-state index in [-0.39, 0.29) is 0 Å². The highest BCUT2D eigenvalue weighted by molar-refractivity contribution is 5.47. The molecule has 0 N–H and O–H groups in total. The van der Waals surface area contributed by atoms with E-state index in [4.69, 9.17) is 4.74 Å². The zero-order chi connectivity index (χ0) is 10.3. The average molecular weight is 202 g/mol. The predicted octanol–water partition coefficient (Wildman–Crippen LogP) is 4.01. The molecule has 0 aromatic heterocycles. The van der Waals surface area contributed by atoms with Crippen LogP contribution in [0.15, 0.2) is 36.6 Å². The lowest BCUT2D eigenvalue weighted by molar-refractivity contribution is 0.108. The van der Waals surface area contributed by atoms with Crippen molar-refractivity contribution in [2.45, 2.75) is 38.2 Å². The maximum atomic E-state index is 5.71. The molecule has 0 saturated heterocycles. The van der Waals surface area contributed by atoms with Gasteiger partial charge in [-0.25, -0.2) is 0 Å². The Labute approximate surface area is 91.8 Å². The third kappa shape index (κ3) is 3.43. The van der Waals surface area contributed by atoms with Crippen molar-refractivity contribution in [2.24, 2.45) is 0 Å². The van der Waals surface area contributed by atoms with Crippen molar-refractivity contribution in [3.63, 3.8) is 0 Å². The van der Waals surface area contributed by atoms with Crippen LogP contribution in [0.5, 0.6) is 0 Å². The van der Waals surface area contributed by atoms with Crippen molar-refractivity contribution in [1.29, 1.82) is 0 Å². The minimum Gasteiger partial charge on any atom is -0.498 e. The van der Waals surface area contributed by atoms with E-state index in [1.165, 1.54) is 37.7 Å². The summed E-state index contributed by atoms with van der Waals surface area (Å²) >= 11 is 0. The van der Waals surface area contributed by atoms with Gasteiger partial charge >= 0.3 is 0 Å². The van der Waals surface area contributed by atoms with E-state index in [9.17, 15) is 0 Å². The van der Waals surface area contributed by atoms with E-state index in [1.807, 2.05) is 30.5 Å². The van der Waals surface area contributed by atoms with Gasteiger partial charge < -0.3 is 4.74 Å². The first-order chi connectivity index (χ1) is 7.45. The summed E-state index contributed by atoms with van der Waals surface area (Å²) in [5.41, 5.74) is 1.20. The molecule has 1 heteroatoms. The van der Waals surface area contributed by atoms with Crippen LogP contribution in [-0.2, 0) is 4.74 Å². The van der Waals surface area contributed by atoms with Crippen molar-refractivity contribution in [3.8, 4) is 0 Å². The Bertz CT molecular complexity index is 296. The lowest BCUT2D eigenvalue weighted by Gasteiger charge is -2.20. The van der Waals surface area contributed by atoms with Gasteiger partial charge in [-0.15, -0.1) is 0 Å². The molecule has 1 aliphatic rings. The van der Waals surface area contributed by atoms with Crippen LogP contribution in [0.4, 0.5) is 0 Å². The van der Waals surface area contributed by atoms with Crippen LogP contribution in [0.2, 0.25) is 0 Å². The highest BCUT2D eigenvalue weighted by atomic mass is 16.5. The van der Waals surface area contributed by atoms with Crippen molar-refractivity contribution >= 4 is 6.08 Å². The number of benzene rings is 1. The summed E-state index contributed by atoms with van der Waals surface area (Å²) < 4.78 is 5.71. The van der Waals surface area contributed by atoms with Crippen molar-refractivity contribution in [2.75, 3.05) is 0 Å². The van der Waals surface area contributed by atoms with Crippen LogP contribution >= 0.6 is 0 Å². The molecule has 15 heavy (non-hydrogen) atoms. The van der Waals surface area contributed by atoms with E-state index < -0.39 is 0 Å². The number of rotatable bonds is 3. The Morgan fingerprint density at radius 2 is 1.73 bits per heavy atom. The van der Waals surface area contributed by atoms with Crippen LogP contribution in [0, 0.1) is 0 Å². The quantitative estimate of drug-likeness (QED) is 0.673. The molecule has 1 aromatic rings. The SMILES string of the molecule is C(=Cc1ccccc1)OC1CCCCC1. The highest BCUT2D eigenvalue weighted by Gasteiger charge is 2.12. The molecule has 0 bridgehead atoms. The topological polar surface area (TPSA) is 9.23 Å². The van der Waals surface area contributed by atoms with E-state index >= 15 is 0 Å². The Morgan fingerprint density at radius 3 is 2.47 bits per heavy atom. The lowest BCUT2D eigenvalue weighted by atomic mass is 9.98. The molecule has 1 nitrogen and oxygen atoms in total. The third-order valence-electron chi connectivity index (χ3n) is 2.88. The molecule has 2 rings (SSSR count). The molecular formula is C14H18O. The molecule has 0 unspecified atom stereocenters. The van der Waals surface area contributed by atoms with E-state index in [2.05, 4.69) is 12.1 Å². The molecule has 0 aliphatic heterocycles. The van der Waals surface area contributed by atoms with Crippen molar-refractivity contribution < 1.29 is 4.74 Å². The third-order valence-corrected chi connectivity index (χ3v) is 2.88. The van der Waals surface area contributed by atoms with E-state index in [0.717, 1.165) is 0 Å². The molecule has 0 heterocycles. The standard InChI is InChI=1S/C14H18O/c1-3-7-13(8-4-1)11-12-15-14-9-5-2-6-10-14/h1,3-4,7-8,11-12,14H,2,5-6,9-10H2. The average Bonchev–Trinajstić information content (AvgIpc) is 2.32. The fraction of sp³-hybridized carbons (Fsp3) is 0.429. The second-order valence-corrected chi connectivity index (χ2v) is 4.11. The minimum absolute atomic E-state index is 0.457. The van der Waals surface area contributed by atoms with Gasteiger partial charge in [-0.3, -0.25) is 0 Å². The Kier molecular flexibility index (Phi) is 3.84. The Hall–Kier alpha value is -1.24. The minimum atomic E-state index is 0.457. The summed E-state index contributed by atoms with van der Waals surface area (Å²) in [6.45, 7) is 0.